The molecule has 0 atom stereocenters. The van der Waals surface area contributed by atoms with E-state index < -0.39 is 9.84 Å². The van der Waals surface area contributed by atoms with Gasteiger partial charge in [-0.25, -0.2) is 8.42 Å². The van der Waals surface area contributed by atoms with E-state index in [1.807, 2.05) is 24.3 Å². The first-order valence-electron chi connectivity index (χ1n) is 9.97. The highest BCUT2D eigenvalue weighted by atomic mass is 32.2. The molecule has 0 bridgehead atoms. The number of ether oxygens (including phenoxy) is 2. The van der Waals surface area contributed by atoms with Crippen LogP contribution in [0, 0.1) is 0 Å². The van der Waals surface area contributed by atoms with E-state index in [0.717, 1.165) is 22.1 Å². The Balaban J connectivity index is 1.41. The summed E-state index contributed by atoms with van der Waals surface area (Å²) >= 11 is 1.14. The Hall–Kier alpha value is -3.50. The van der Waals surface area contributed by atoms with Crippen LogP contribution in [0.2, 0.25) is 0 Å². The minimum absolute atomic E-state index is 0.108. The number of rotatable bonds is 8. The lowest BCUT2D eigenvalue weighted by molar-refractivity contribution is 0.102. The summed E-state index contributed by atoms with van der Waals surface area (Å²) in [5, 5.41) is 13.3. The Kier molecular flexibility index (Phi) is 6.57. The number of nitrogens with zero attached hydrogens (tertiary/aromatic N) is 2. The molecule has 0 aliphatic heterocycles. The van der Waals surface area contributed by atoms with E-state index in [1.54, 1.807) is 36.4 Å². The number of aromatic nitrogens is 2. The molecule has 0 radical (unpaired) electrons. The standard InChI is InChI=1S/C23H21N3O5S2/c1-30-19-10-8-17(14-20(19)31-2)22(27)24-23-26-25-21(32-23)11-12-33(28,29)18-9-7-15-5-3-4-6-16(15)13-18/h3-10,13-14H,11-12H2,1-2H3,(H,24,26,27). The third-order valence-electron chi connectivity index (χ3n) is 5.00. The van der Waals surface area contributed by atoms with Gasteiger partial charge < -0.3 is 9.47 Å². The summed E-state index contributed by atoms with van der Waals surface area (Å²) in [7, 11) is -0.492. The van der Waals surface area contributed by atoms with Gasteiger partial charge >= 0.3 is 0 Å². The van der Waals surface area contributed by atoms with Crippen molar-refractivity contribution in [3.63, 3.8) is 0 Å². The van der Waals surface area contributed by atoms with Crippen molar-refractivity contribution in [2.24, 2.45) is 0 Å². The summed E-state index contributed by atoms with van der Waals surface area (Å²) in [4.78, 5) is 12.8. The number of hydrogen-bond acceptors (Lipinski definition) is 8. The fraction of sp³-hybridized carbons (Fsp3) is 0.174. The minimum atomic E-state index is -3.50. The van der Waals surface area contributed by atoms with Crippen LogP contribution in [0.5, 0.6) is 11.5 Å². The number of nitrogens with one attached hydrogen (secondary N) is 1. The third-order valence-corrected chi connectivity index (χ3v) is 7.61. The highest BCUT2D eigenvalue weighted by Crippen LogP contribution is 2.28. The number of carbonyl (C=O) groups is 1. The fourth-order valence-corrected chi connectivity index (χ4v) is 5.40. The van der Waals surface area contributed by atoms with Gasteiger partial charge in [0.2, 0.25) is 5.13 Å². The predicted molar refractivity (Wildman–Crippen MR) is 127 cm³/mol. The van der Waals surface area contributed by atoms with Gasteiger partial charge in [0.05, 0.1) is 24.9 Å². The van der Waals surface area contributed by atoms with Crippen LogP contribution in [-0.2, 0) is 16.3 Å². The van der Waals surface area contributed by atoms with E-state index in [1.165, 1.54) is 14.2 Å². The Labute approximate surface area is 195 Å². The van der Waals surface area contributed by atoms with E-state index in [9.17, 15) is 13.2 Å². The van der Waals surface area contributed by atoms with E-state index in [-0.39, 0.29) is 28.1 Å². The quantitative estimate of drug-likeness (QED) is 0.404. The van der Waals surface area contributed by atoms with Crippen molar-refractivity contribution in [1.82, 2.24) is 10.2 Å². The van der Waals surface area contributed by atoms with Gasteiger partial charge in [-0.3, -0.25) is 10.1 Å². The van der Waals surface area contributed by atoms with Crippen LogP contribution in [0.15, 0.2) is 65.6 Å². The molecule has 0 aliphatic carbocycles. The molecular weight excluding hydrogens is 462 g/mol. The lowest BCUT2D eigenvalue weighted by atomic mass is 10.1. The molecule has 1 N–H and O–H groups in total. The SMILES string of the molecule is COc1ccc(C(=O)Nc2nnc(CCS(=O)(=O)c3ccc4ccccc4c3)s2)cc1OC. The van der Waals surface area contributed by atoms with Crippen molar-refractivity contribution in [1.29, 1.82) is 0 Å². The molecule has 0 unspecified atom stereocenters. The zero-order valence-electron chi connectivity index (χ0n) is 17.9. The van der Waals surface area contributed by atoms with Crippen LogP contribution in [-0.4, -0.2) is 44.5 Å². The van der Waals surface area contributed by atoms with Gasteiger partial charge in [0.25, 0.3) is 5.91 Å². The molecular formula is C23H21N3O5S2. The van der Waals surface area contributed by atoms with Gasteiger partial charge in [-0.2, -0.15) is 0 Å². The molecule has 170 valence electrons. The molecule has 0 saturated carbocycles. The van der Waals surface area contributed by atoms with Crippen LogP contribution < -0.4 is 14.8 Å². The topological polar surface area (TPSA) is 107 Å². The lowest BCUT2D eigenvalue weighted by Crippen LogP contribution is -2.12. The first-order chi connectivity index (χ1) is 15.9. The summed E-state index contributed by atoms with van der Waals surface area (Å²) in [6.45, 7) is 0. The number of amides is 1. The van der Waals surface area contributed by atoms with E-state index in [2.05, 4.69) is 15.5 Å². The molecule has 4 aromatic rings. The fourth-order valence-electron chi connectivity index (χ4n) is 3.25. The van der Waals surface area contributed by atoms with Gasteiger partial charge in [-0.15, -0.1) is 10.2 Å². The van der Waals surface area contributed by atoms with Crippen molar-refractivity contribution >= 4 is 43.0 Å². The number of methoxy groups -OCH3 is 2. The first kappa shape index (κ1) is 22.7. The largest absolute Gasteiger partial charge is 0.493 e. The van der Waals surface area contributed by atoms with Crippen molar-refractivity contribution in [2.45, 2.75) is 11.3 Å². The second kappa shape index (κ2) is 9.55. The smallest absolute Gasteiger partial charge is 0.257 e. The summed E-state index contributed by atoms with van der Waals surface area (Å²) < 4.78 is 36.0. The van der Waals surface area contributed by atoms with Crippen molar-refractivity contribution in [2.75, 3.05) is 25.3 Å². The zero-order valence-corrected chi connectivity index (χ0v) is 19.6. The Morgan fingerprint density at radius 2 is 1.70 bits per heavy atom. The van der Waals surface area contributed by atoms with E-state index >= 15 is 0 Å². The molecule has 33 heavy (non-hydrogen) atoms. The maximum atomic E-state index is 12.8. The van der Waals surface area contributed by atoms with E-state index in [4.69, 9.17) is 9.47 Å². The lowest BCUT2D eigenvalue weighted by Gasteiger charge is -2.08. The van der Waals surface area contributed by atoms with Gasteiger partial charge in [0.15, 0.2) is 21.3 Å². The molecule has 8 nitrogen and oxygen atoms in total. The molecule has 0 spiro atoms. The average molecular weight is 484 g/mol. The van der Waals surface area contributed by atoms with Crippen LogP contribution in [0.25, 0.3) is 10.8 Å². The number of carbonyl (C=O) groups excluding carboxylic acids is 1. The van der Waals surface area contributed by atoms with Crippen LogP contribution in [0.1, 0.15) is 15.4 Å². The molecule has 1 amide bonds. The highest BCUT2D eigenvalue weighted by Gasteiger charge is 2.18. The van der Waals surface area contributed by atoms with Gasteiger partial charge in [-0.1, -0.05) is 41.7 Å². The maximum absolute atomic E-state index is 12.8. The summed E-state index contributed by atoms with van der Waals surface area (Å²) in [6.07, 6.45) is 0.194. The van der Waals surface area contributed by atoms with Crippen molar-refractivity contribution < 1.29 is 22.7 Å². The van der Waals surface area contributed by atoms with Crippen molar-refractivity contribution in [3.05, 3.63) is 71.2 Å². The molecule has 10 heteroatoms. The molecule has 0 aliphatic rings. The molecule has 0 fully saturated rings. The molecule has 3 aromatic carbocycles. The molecule has 1 aromatic heterocycles. The Morgan fingerprint density at radius 3 is 2.45 bits per heavy atom. The average Bonchev–Trinajstić information content (AvgIpc) is 3.29. The van der Waals surface area contributed by atoms with Crippen LogP contribution >= 0.6 is 11.3 Å². The first-order valence-corrected chi connectivity index (χ1v) is 12.4. The number of fused-ring (bicyclic) bond motifs is 1. The maximum Gasteiger partial charge on any atom is 0.257 e. The Bertz CT molecular complexity index is 1420. The molecule has 0 saturated heterocycles. The third kappa shape index (κ3) is 5.12. The monoisotopic (exact) mass is 483 g/mol. The zero-order chi connectivity index (χ0) is 23.4. The highest BCUT2D eigenvalue weighted by molar-refractivity contribution is 7.91. The van der Waals surface area contributed by atoms with Crippen LogP contribution in [0.4, 0.5) is 5.13 Å². The summed E-state index contributed by atoms with van der Waals surface area (Å²) in [5.41, 5.74) is 0.364. The summed E-state index contributed by atoms with van der Waals surface area (Å²) in [5.74, 6) is 0.452. The van der Waals surface area contributed by atoms with Gasteiger partial charge in [0.1, 0.15) is 5.01 Å². The number of hydrogen-bond donors (Lipinski definition) is 1. The second-order valence-corrected chi connectivity index (χ2v) is 10.3. The minimum Gasteiger partial charge on any atom is -0.493 e. The number of anilines is 1. The number of aryl methyl sites for hydroxylation is 1. The van der Waals surface area contributed by atoms with Crippen molar-refractivity contribution in [3.8, 4) is 11.5 Å². The predicted octanol–water partition coefficient (Wildman–Crippen LogP) is 3.98. The van der Waals surface area contributed by atoms with Gasteiger partial charge in [-0.05, 0) is 41.1 Å². The van der Waals surface area contributed by atoms with Gasteiger partial charge in [0, 0.05) is 12.0 Å². The van der Waals surface area contributed by atoms with Crippen LogP contribution in [0.3, 0.4) is 0 Å². The molecule has 4 rings (SSSR count). The normalized spacial score (nSPS) is 11.3. The second-order valence-electron chi connectivity index (χ2n) is 7.10. The number of benzene rings is 3. The Morgan fingerprint density at radius 1 is 0.939 bits per heavy atom. The summed E-state index contributed by atoms with van der Waals surface area (Å²) in [6, 6.07) is 17.5. The molecule has 1 heterocycles. The number of sulfone groups is 1. The van der Waals surface area contributed by atoms with E-state index in [0.29, 0.717) is 22.1 Å².